The van der Waals surface area contributed by atoms with Crippen LogP contribution in [0.2, 0.25) is 0 Å². The first kappa shape index (κ1) is 18.5. The van der Waals surface area contributed by atoms with Crippen LogP contribution >= 0.6 is 0 Å². The molecule has 1 aromatic heterocycles. The van der Waals surface area contributed by atoms with Crippen LogP contribution < -0.4 is 5.32 Å². The van der Waals surface area contributed by atoms with Crippen molar-refractivity contribution < 1.29 is 4.74 Å². The highest BCUT2D eigenvalue weighted by Gasteiger charge is 2.24. The highest BCUT2D eigenvalue weighted by atomic mass is 16.5. The van der Waals surface area contributed by atoms with E-state index in [0.29, 0.717) is 5.92 Å². The van der Waals surface area contributed by atoms with Gasteiger partial charge in [0.1, 0.15) is 0 Å². The minimum absolute atomic E-state index is 0.605. The van der Waals surface area contributed by atoms with Crippen molar-refractivity contribution in [1.82, 2.24) is 20.0 Å². The molecular formula is C20H29N5O. The van der Waals surface area contributed by atoms with Crippen LogP contribution in [0.1, 0.15) is 18.9 Å². The second kappa shape index (κ2) is 9.38. The number of aromatic nitrogens is 2. The Hall–Kier alpha value is -2.34. The third-order valence-corrected chi connectivity index (χ3v) is 4.64. The Labute approximate surface area is 155 Å². The van der Waals surface area contributed by atoms with Gasteiger partial charge in [-0.25, -0.2) is 4.68 Å². The summed E-state index contributed by atoms with van der Waals surface area (Å²) in [7, 11) is 1.78. The molecule has 1 saturated heterocycles. The van der Waals surface area contributed by atoms with Crippen LogP contribution in [0.3, 0.4) is 0 Å². The number of hydrogen-bond acceptors (Lipinski definition) is 3. The van der Waals surface area contributed by atoms with Gasteiger partial charge in [-0.1, -0.05) is 18.2 Å². The van der Waals surface area contributed by atoms with E-state index in [9.17, 15) is 0 Å². The molecule has 26 heavy (non-hydrogen) atoms. The van der Waals surface area contributed by atoms with Crippen molar-refractivity contribution in [3.63, 3.8) is 0 Å². The van der Waals surface area contributed by atoms with E-state index in [2.05, 4.69) is 40.6 Å². The van der Waals surface area contributed by atoms with Crippen LogP contribution in [0.25, 0.3) is 5.69 Å². The molecule has 2 heterocycles. The van der Waals surface area contributed by atoms with Gasteiger partial charge in [0, 0.05) is 45.4 Å². The Bertz CT molecular complexity index is 697. The van der Waals surface area contributed by atoms with Crippen LogP contribution in [0.4, 0.5) is 0 Å². The molecule has 1 N–H and O–H groups in total. The normalized spacial score (nSPS) is 17.7. The lowest BCUT2D eigenvalue weighted by Gasteiger charge is -2.21. The number of likely N-dealkylation sites (tertiary alicyclic amines) is 1. The molecule has 1 fully saturated rings. The Morgan fingerprint density at radius 2 is 2.19 bits per heavy atom. The highest BCUT2D eigenvalue weighted by Crippen LogP contribution is 2.16. The molecule has 0 saturated carbocycles. The molecule has 6 nitrogen and oxygen atoms in total. The molecule has 1 aromatic carbocycles. The minimum atomic E-state index is 0.605. The fourth-order valence-electron chi connectivity index (χ4n) is 3.32. The zero-order chi connectivity index (χ0) is 18.2. The summed E-state index contributed by atoms with van der Waals surface area (Å²) < 4.78 is 7.21. The number of methoxy groups -OCH3 is 1. The second-order valence-corrected chi connectivity index (χ2v) is 6.67. The molecule has 0 radical (unpaired) electrons. The molecule has 0 amide bonds. The van der Waals surface area contributed by atoms with E-state index in [1.54, 1.807) is 7.11 Å². The number of nitrogens with zero attached hydrogens (tertiary/aromatic N) is 4. The number of aliphatic imine (C=N–C) groups is 1. The molecular weight excluding hydrogens is 326 g/mol. The zero-order valence-electron chi connectivity index (χ0n) is 15.8. The summed E-state index contributed by atoms with van der Waals surface area (Å²) in [6.07, 6.45) is 6.07. The topological polar surface area (TPSA) is 54.7 Å². The molecule has 2 aromatic rings. The maximum absolute atomic E-state index is 5.30. The Morgan fingerprint density at radius 1 is 1.35 bits per heavy atom. The van der Waals surface area contributed by atoms with Crippen LogP contribution in [-0.4, -0.2) is 60.5 Å². The number of para-hydroxylation sites is 1. The lowest BCUT2D eigenvalue weighted by atomic mass is 10.1. The molecule has 1 aliphatic heterocycles. The molecule has 1 aliphatic rings. The fourth-order valence-corrected chi connectivity index (χ4v) is 3.32. The Morgan fingerprint density at radius 3 is 2.96 bits per heavy atom. The summed E-state index contributed by atoms with van der Waals surface area (Å²) in [4.78, 5) is 7.17. The summed E-state index contributed by atoms with van der Waals surface area (Å²) in [5, 5.41) is 7.88. The van der Waals surface area contributed by atoms with E-state index in [-0.39, 0.29) is 0 Å². The van der Waals surface area contributed by atoms with Crippen molar-refractivity contribution in [3.05, 3.63) is 48.3 Å². The van der Waals surface area contributed by atoms with E-state index >= 15 is 0 Å². The van der Waals surface area contributed by atoms with Gasteiger partial charge in [0.25, 0.3) is 0 Å². The number of guanidine groups is 1. The first-order valence-corrected chi connectivity index (χ1v) is 9.41. The first-order chi connectivity index (χ1) is 12.8. The van der Waals surface area contributed by atoms with Crippen LogP contribution in [0.5, 0.6) is 0 Å². The minimum Gasteiger partial charge on any atom is -0.384 e. The van der Waals surface area contributed by atoms with Gasteiger partial charge in [-0.2, -0.15) is 5.10 Å². The smallest absolute Gasteiger partial charge is 0.193 e. The molecule has 0 aliphatic carbocycles. The predicted molar refractivity (Wildman–Crippen MR) is 105 cm³/mol. The largest absolute Gasteiger partial charge is 0.384 e. The summed E-state index contributed by atoms with van der Waals surface area (Å²) >= 11 is 0. The van der Waals surface area contributed by atoms with Gasteiger partial charge in [-0.3, -0.25) is 4.99 Å². The summed E-state index contributed by atoms with van der Waals surface area (Å²) in [6.45, 7) is 6.65. The molecule has 1 unspecified atom stereocenters. The van der Waals surface area contributed by atoms with Gasteiger partial charge >= 0.3 is 0 Å². The van der Waals surface area contributed by atoms with Gasteiger partial charge in [-0.05, 0) is 37.5 Å². The van der Waals surface area contributed by atoms with Crippen LogP contribution in [-0.2, 0) is 11.2 Å². The van der Waals surface area contributed by atoms with Crippen molar-refractivity contribution in [2.24, 2.45) is 10.9 Å². The Kier molecular flexibility index (Phi) is 6.66. The highest BCUT2D eigenvalue weighted by molar-refractivity contribution is 5.80. The van der Waals surface area contributed by atoms with Crippen molar-refractivity contribution in [2.75, 3.05) is 39.9 Å². The predicted octanol–water partition coefficient (Wildman–Crippen LogP) is 2.35. The van der Waals surface area contributed by atoms with Crippen molar-refractivity contribution in [2.45, 2.75) is 19.8 Å². The van der Waals surface area contributed by atoms with Gasteiger partial charge in [0.2, 0.25) is 0 Å². The first-order valence-electron chi connectivity index (χ1n) is 9.41. The van der Waals surface area contributed by atoms with E-state index in [4.69, 9.17) is 9.73 Å². The SMILES string of the molecule is CCNC(=NCCc1cnn(-c2ccccc2)c1)N1CCC(COC)C1. The zero-order valence-corrected chi connectivity index (χ0v) is 15.8. The van der Waals surface area contributed by atoms with E-state index in [1.165, 1.54) is 12.0 Å². The molecule has 3 rings (SSSR count). The lowest BCUT2D eigenvalue weighted by molar-refractivity contribution is 0.157. The van der Waals surface area contributed by atoms with E-state index in [0.717, 1.165) is 50.9 Å². The third kappa shape index (κ3) is 4.85. The Balaban J connectivity index is 1.56. The standard InChI is InChI=1S/C20H29N5O/c1-3-21-20(24-12-10-18(14-24)16-26-2)22-11-9-17-13-23-25(15-17)19-7-5-4-6-8-19/h4-8,13,15,18H,3,9-12,14,16H2,1-2H3,(H,21,22). The molecule has 1 atom stereocenters. The molecule has 6 heteroatoms. The summed E-state index contributed by atoms with van der Waals surface area (Å²) in [6, 6.07) is 10.2. The monoisotopic (exact) mass is 355 g/mol. The van der Waals surface area contributed by atoms with Crippen LogP contribution in [0, 0.1) is 5.92 Å². The molecule has 140 valence electrons. The second-order valence-electron chi connectivity index (χ2n) is 6.67. The van der Waals surface area contributed by atoms with Crippen molar-refractivity contribution >= 4 is 5.96 Å². The average Bonchev–Trinajstić information content (AvgIpc) is 3.32. The number of hydrogen-bond donors (Lipinski definition) is 1. The van der Waals surface area contributed by atoms with Crippen molar-refractivity contribution in [1.29, 1.82) is 0 Å². The number of benzene rings is 1. The van der Waals surface area contributed by atoms with Gasteiger partial charge in [-0.15, -0.1) is 0 Å². The average molecular weight is 355 g/mol. The van der Waals surface area contributed by atoms with E-state index in [1.807, 2.05) is 29.1 Å². The van der Waals surface area contributed by atoms with Crippen LogP contribution in [0.15, 0.2) is 47.7 Å². The van der Waals surface area contributed by atoms with Gasteiger partial charge in [0.05, 0.1) is 18.5 Å². The molecule has 0 bridgehead atoms. The summed E-state index contributed by atoms with van der Waals surface area (Å²) in [5.74, 6) is 1.62. The maximum Gasteiger partial charge on any atom is 0.193 e. The quantitative estimate of drug-likeness (QED) is 0.612. The number of nitrogens with one attached hydrogen (secondary N) is 1. The van der Waals surface area contributed by atoms with Crippen molar-refractivity contribution in [3.8, 4) is 5.69 Å². The van der Waals surface area contributed by atoms with Gasteiger partial charge < -0.3 is 15.0 Å². The maximum atomic E-state index is 5.30. The third-order valence-electron chi connectivity index (χ3n) is 4.64. The fraction of sp³-hybridized carbons (Fsp3) is 0.500. The molecule has 0 spiro atoms. The number of rotatable bonds is 7. The summed E-state index contributed by atoms with van der Waals surface area (Å²) in [5.41, 5.74) is 2.28. The van der Waals surface area contributed by atoms with Gasteiger partial charge in [0.15, 0.2) is 5.96 Å². The lowest BCUT2D eigenvalue weighted by Crippen LogP contribution is -2.40. The van der Waals surface area contributed by atoms with E-state index < -0.39 is 0 Å². The number of ether oxygens (including phenoxy) is 1.